The summed E-state index contributed by atoms with van der Waals surface area (Å²) in [5, 5.41) is 2.15. The van der Waals surface area contributed by atoms with Crippen molar-refractivity contribution in [2.75, 3.05) is 5.75 Å². The van der Waals surface area contributed by atoms with Gasteiger partial charge in [0.05, 0.1) is 11.3 Å². The molecule has 1 aliphatic rings. The van der Waals surface area contributed by atoms with E-state index in [0.29, 0.717) is 4.88 Å². The molecule has 0 spiro atoms. The Bertz CT molecular complexity index is 578. The molecule has 0 radical (unpaired) electrons. The molecule has 0 saturated heterocycles. The zero-order chi connectivity index (χ0) is 11.8. The largest absolute Gasteiger partial charge is 0.365 e. The number of benzene rings is 1. The van der Waals surface area contributed by atoms with Gasteiger partial charge in [0, 0.05) is 0 Å². The Labute approximate surface area is 107 Å². The number of nitrogens with zero attached hydrogens (tertiary/aromatic N) is 1. The summed E-state index contributed by atoms with van der Waals surface area (Å²) >= 11 is 3.20. The third-order valence-electron chi connectivity index (χ3n) is 2.68. The lowest BCUT2D eigenvalue weighted by Gasteiger charge is -1.93. The second-order valence-electron chi connectivity index (χ2n) is 3.77. The minimum Gasteiger partial charge on any atom is -0.365 e. The number of rotatable bonds is 2. The number of thioether (sulfide) groups is 1. The van der Waals surface area contributed by atoms with Gasteiger partial charge in [-0.15, -0.1) is 0 Å². The number of amides is 1. The molecule has 1 aromatic carbocycles. The number of thiazole rings is 1. The Morgan fingerprint density at radius 2 is 2.06 bits per heavy atom. The predicted octanol–water partition coefficient (Wildman–Crippen LogP) is 1.91. The van der Waals surface area contributed by atoms with Gasteiger partial charge in [-0.05, 0) is 23.9 Å². The van der Waals surface area contributed by atoms with Gasteiger partial charge < -0.3 is 5.73 Å². The maximum absolute atomic E-state index is 11.4. The molecule has 3 nitrogen and oxygen atoms in total. The van der Waals surface area contributed by atoms with Crippen LogP contribution in [0.25, 0.3) is 10.6 Å². The summed E-state index contributed by atoms with van der Waals surface area (Å²) in [4.78, 5) is 12.1. The maximum atomic E-state index is 11.4. The van der Waals surface area contributed by atoms with Crippen molar-refractivity contribution in [3.8, 4) is 10.6 Å². The number of carbonyl (C=O) groups excluding carboxylic acids is 1. The summed E-state index contributed by atoms with van der Waals surface area (Å²) in [5.74, 6) is 0.693. The van der Waals surface area contributed by atoms with Gasteiger partial charge in [0.1, 0.15) is 0 Å². The number of hydrogen-bond donors (Lipinski definition) is 1. The van der Waals surface area contributed by atoms with E-state index in [1.54, 1.807) is 11.8 Å². The molecule has 1 aromatic heterocycles. The fraction of sp³-hybridized carbons (Fsp3) is 0.167. The van der Waals surface area contributed by atoms with Gasteiger partial charge in [-0.2, -0.15) is 4.57 Å². The quantitative estimate of drug-likeness (QED) is 0.841. The molecule has 0 atom stereocenters. The molecule has 0 saturated carbocycles. The van der Waals surface area contributed by atoms with E-state index < -0.39 is 0 Å². The van der Waals surface area contributed by atoms with Gasteiger partial charge in [-0.3, -0.25) is 4.79 Å². The van der Waals surface area contributed by atoms with Crippen molar-refractivity contribution in [2.24, 2.45) is 5.73 Å². The number of aromatic nitrogens is 1. The first kappa shape index (κ1) is 10.8. The number of carbonyl (C=O) groups is 1. The van der Waals surface area contributed by atoms with Crippen molar-refractivity contribution in [3.05, 3.63) is 35.2 Å². The minimum absolute atomic E-state index is 0.324. The van der Waals surface area contributed by atoms with Crippen LogP contribution in [0.4, 0.5) is 0 Å². The third-order valence-corrected chi connectivity index (χ3v) is 5.14. The summed E-state index contributed by atoms with van der Waals surface area (Å²) in [6, 6.07) is 10.1. The standard InChI is InChI=1S/C12H10N2OS2/c13-10(15)9-12-14(6-7-16-12)11(17-9)8-4-2-1-3-5-8/h1-5H,6-7H2,(H-,13,15)/p+1. The van der Waals surface area contributed by atoms with Crippen molar-refractivity contribution in [1.29, 1.82) is 0 Å². The molecule has 2 N–H and O–H groups in total. The zero-order valence-electron chi connectivity index (χ0n) is 9.05. The second kappa shape index (κ2) is 4.16. The lowest BCUT2D eigenvalue weighted by atomic mass is 10.2. The predicted molar refractivity (Wildman–Crippen MR) is 69.2 cm³/mol. The summed E-state index contributed by atoms with van der Waals surface area (Å²) in [6.45, 7) is 0.952. The van der Waals surface area contributed by atoms with E-state index >= 15 is 0 Å². The number of fused-ring (bicyclic) bond motifs is 1. The first-order valence-electron chi connectivity index (χ1n) is 5.32. The summed E-state index contributed by atoms with van der Waals surface area (Å²) < 4.78 is 2.20. The highest BCUT2D eigenvalue weighted by atomic mass is 32.2. The normalized spacial score (nSPS) is 13.6. The average Bonchev–Trinajstić information content (AvgIpc) is 2.90. The highest BCUT2D eigenvalue weighted by molar-refractivity contribution is 7.99. The van der Waals surface area contributed by atoms with Gasteiger partial charge >= 0.3 is 0 Å². The highest BCUT2D eigenvalue weighted by Crippen LogP contribution is 2.34. The molecule has 0 bridgehead atoms. The number of primary amides is 1. The molecule has 0 fully saturated rings. The van der Waals surface area contributed by atoms with Gasteiger partial charge in [-0.25, -0.2) is 0 Å². The smallest absolute Gasteiger partial charge is 0.270 e. The Morgan fingerprint density at radius 1 is 1.29 bits per heavy atom. The summed E-state index contributed by atoms with van der Waals surface area (Å²) in [6.07, 6.45) is 0. The molecule has 0 aliphatic carbocycles. The minimum atomic E-state index is -0.324. The van der Waals surface area contributed by atoms with Crippen molar-refractivity contribution in [3.63, 3.8) is 0 Å². The van der Waals surface area contributed by atoms with Crippen LogP contribution in [0, 0.1) is 0 Å². The van der Waals surface area contributed by atoms with Crippen LogP contribution in [0.5, 0.6) is 0 Å². The Kier molecular flexibility index (Phi) is 2.64. The van der Waals surface area contributed by atoms with E-state index in [1.807, 2.05) is 18.2 Å². The molecule has 1 amide bonds. The van der Waals surface area contributed by atoms with Gasteiger partial charge in [0.15, 0.2) is 11.4 Å². The van der Waals surface area contributed by atoms with E-state index in [9.17, 15) is 4.79 Å². The first-order valence-corrected chi connectivity index (χ1v) is 7.12. The van der Waals surface area contributed by atoms with Crippen LogP contribution in [0.3, 0.4) is 0 Å². The van der Waals surface area contributed by atoms with Crippen LogP contribution in [-0.2, 0) is 6.54 Å². The van der Waals surface area contributed by atoms with Crippen LogP contribution < -0.4 is 10.3 Å². The van der Waals surface area contributed by atoms with E-state index in [4.69, 9.17) is 5.73 Å². The van der Waals surface area contributed by atoms with Crippen LogP contribution in [0.1, 0.15) is 9.67 Å². The van der Waals surface area contributed by atoms with Crippen molar-refractivity contribution in [2.45, 2.75) is 11.6 Å². The highest BCUT2D eigenvalue weighted by Gasteiger charge is 2.34. The van der Waals surface area contributed by atoms with Crippen LogP contribution >= 0.6 is 23.1 Å². The summed E-state index contributed by atoms with van der Waals surface area (Å²) in [7, 11) is 0. The van der Waals surface area contributed by atoms with Gasteiger partial charge in [0.25, 0.3) is 15.9 Å². The van der Waals surface area contributed by atoms with Crippen molar-refractivity contribution in [1.82, 2.24) is 0 Å². The molecule has 2 aromatic rings. The fourth-order valence-corrected chi connectivity index (χ4v) is 4.38. The molecule has 1 aliphatic heterocycles. The van der Waals surface area contributed by atoms with Crippen molar-refractivity contribution >= 4 is 29.0 Å². The van der Waals surface area contributed by atoms with Gasteiger partial charge in [0.2, 0.25) is 0 Å². The third kappa shape index (κ3) is 1.75. The van der Waals surface area contributed by atoms with Crippen molar-refractivity contribution < 1.29 is 9.36 Å². The first-order chi connectivity index (χ1) is 8.27. The van der Waals surface area contributed by atoms with E-state index in [0.717, 1.165) is 27.9 Å². The Balaban J connectivity index is 2.19. The molecule has 86 valence electrons. The number of hydrogen-bond acceptors (Lipinski definition) is 3. The Hall–Kier alpha value is -1.33. The van der Waals surface area contributed by atoms with E-state index in [1.165, 1.54) is 11.3 Å². The molecule has 3 rings (SSSR count). The van der Waals surface area contributed by atoms with E-state index in [2.05, 4.69) is 16.7 Å². The van der Waals surface area contributed by atoms with Crippen LogP contribution in [0.2, 0.25) is 0 Å². The van der Waals surface area contributed by atoms with E-state index in [-0.39, 0.29) is 5.91 Å². The Morgan fingerprint density at radius 3 is 2.76 bits per heavy atom. The number of nitrogens with two attached hydrogens (primary N) is 1. The lowest BCUT2D eigenvalue weighted by Crippen LogP contribution is -2.33. The van der Waals surface area contributed by atoms with Gasteiger partial charge in [-0.1, -0.05) is 29.5 Å². The molecular weight excluding hydrogens is 252 g/mol. The van der Waals surface area contributed by atoms with Crippen LogP contribution in [0.15, 0.2) is 35.4 Å². The fourth-order valence-electron chi connectivity index (χ4n) is 1.94. The molecular formula is C12H11N2OS2+. The topological polar surface area (TPSA) is 47.0 Å². The summed E-state index contributed by atoms with van der Waals surface area (Å²) in [5.41, 5.74) is 6.57. The zero-order valence-corrected chi connectivity index (χ0v) is 10.7. The lowest BCUT2D eigenvalue weighted by molar-refractivity contribution is -0.708. The molecule has 0 unspecified atom stereocenters. The molecule has 17 heavy (non-hydrogen) atoms. The maximum Gasteiger partial charge on any atom is 0.270 e. The molecule has 2 heterocycles. The second-order valence-corrected chi connectivity index (χ2v) is 5.85. The SMILES string of the molecule is NC(=O)c1sc(-c2ccccc2)[n+]2c1SCC2. The monoisotopic (exact) mass is 263 g/mol. The molecule has 5 heteroatoms. The van der Waals surface area contributed by atoms with Crippen LogP contribution in [-0.4, -0.2) is 11.7 Å². The average molecular weight is 263 g/mol.